The van der Waals surface area contributed by atoms with Crippen LogP contribution in [0.4, 0.5) is 22.0 Å². The zero-order valence-corrected chi connectivity index (χ0v) is 7.80. The Hall–Kier alpha value is -1.59. The summed E-state index contributed by atoms with van der Waals surface area (Å²) in [7, 11) is 0. The summed E-state index contributed by atoms with van der Waals surface area (Å²) in [6.07, 6.45) is -3.01. The van der Waals surface area contributed by atoms with Gasteiger partial charge in [0.15, 0.2) is 5.83 Å². The molecule has 0 aliphatic carbocycles. The van der Waals surface area contributed by atoms with E-state index >= 15 is 0 Å². The summed E-state index contributed by atoms with van der Waals surface area (Å²) >= 11 is 0. The fourth-order valence-electron chi connectivity index (χ4n) is 1.54. The average molecular weight is 235 g/mol. The molecule has 0 fully saturated rings. The van der Waals surface area contributed by atoms with Crippen molar-refractivity contribution in [2.75, 3.05) is 0 Å². The lowest BCUT2D eigenvalue weighted by Gasteiger charge is -2.26. The quantitative estimate of drug-likeness (QED) is 0.409. The van der Waals surface area contributed by atoms with Crippen LogP contribution in [0.15, 0.2) is 42.1 Å². The molecule has 2 rings (SSSR count). The van der Waals surface area contributed by atoms with Gasteiger partial charge < -0.3 is 0 Å². The van der Waals surface area contributed by atoms with Gasteiger partial charge >= 0.3 is 0 Å². The lowest BCUT2D eigenvalue weighted by Crippen LogP contribution is -2.38. The molecule has 1 heterocycles. The van der Waals surface area contributed by atoms with E-state index in [-0.39, 0.29) is 0 Å². The van der Waals surface area contributed by atoms with Crippen LogP contribution in [0.1, 0.15) is 5.56 Å². The van der Waals surface area contributed by atoms with E-state index < -0.39 is 34.4 Å². The van der Waals surface area contributed by atoms with Crippen LogP contribution >= 0.6 is 0 Å². The van der Waals surface area contributed by atoms with Crippen LogP contribution < -0.4 is 0 Å². The van der Waals surface area contributed by atoms with Crippen molar-refractivity contribution in [2.45, 2.75) is 12.0 Å². The van der Waals surface area contributed by atoms with Gasteiger partial charge in [0.05, 0.1) is 0 Å². The van der Waals surface area contributed by atoms with Gasteiger partial charge in [0.2, 0.25) is 6.17 Å². The largest absolute Gasteiger partial charge is 0.275 e. The number of rotatable bonds is 1. The smallest absolute Gasteiger partial charge is 0.233 e. The van der Waals surface area contributed by atoms with Crippen LogP contribution in [0.2, 0.25) is 0 Å². The molecule has 0 aromatic heterocycles. The molecule has 16 heavy (non-hydrogen) atoms. The molecule has 86 valence electrons. The zero-order valence-electron chi connectivity index (χ0n) is 7.80. The summed E-state index contributed by atoms with van der Waals surface area (Å²) in [6, 6.07) is 6.20. The van der Waals surface area contributed by atoms with Crippen LogP contribution in [-0.2, 0) is 5.79 Å². The molecule has 0 N–H and O–H groups in total. The van der Waals surface area contributed by atoms with Crippen molar-refractivity contribution in [3.8, 4) is 0 Å². The Morgan fingerprint density at radius 1 is 1.12 bits per heavy atom. The van der Waals surface area contributed by atoms with Gasteiger partial charge in [-0.15, -0.1) is 5.12 Å². The Balaban J connectivity index is 2.50. The Kier molecular flexibility index (Phi) is 2.36. The first-order chi connectivity index (χ1) is 7.49. The first-order valence-corrected chi connectivity index (χ1v) is 4.39. The lowest BCUT2D eigenvalue weighted by atomic mass is 10.0. The highest BCUT2D eigenvalue weighted by Crippen LogP contribution is 2.48. The van der Waals surface area contributed by atoms with Crippen LogP contribution in [0.3, 0.4) is 0 Å². The summed E-state index contributed by atoms with van der Waals surface area (Å²) < 4.78 is 65.8. The predicted molar refractivity (Wildman–Crippen MR) is 46.3 cm³/mol. The monoisotopic (exact) mass is 235 g/mol. The van der Waals surface area contributed by atoms with Gasteiger partial charge in [0, 0.05) is 5.56 Å². The number of alkyl halides is 2. The summed E-state index contributed by atoms with van der Waals surface area (Å²) in [6.45, 7) is 0. The fourth-order valence-corrected chi connectivity index (χ4v) is 1.54. The predicted octanol–water partition coefficient (Wildman–Crippen LogP) is 3.46. The Labute approximate surface area is 87.7 Å². The van der Waals surface area contributed by atoms with Crippen molar-refractivity contribution in [3.63, 3.8) is 0 Å². The second kappa shape index (κ2) is 3.47. The van der Waals surface area contributed by atoms with E-state index in [2.05, 4.69) is 0 Å². The van der Waals surface area contributed by atoms with Crippen molar-refractivity contribution in [3.05, 3.63) is 47.7 Å². The molecule has 0 spiro atoms. The maximum Gasteiger partial charge on any atom is 0.275 e. The second-order valence-corrected chi connectivity index (χ2v) is 3.32. The summed E-state index contributed by atoms with van der Waals surface area (Å²) in [5, 5.41) is -1.16. The van der Waals surface area contributed by atoms with Crippen LogP contribution in [0.25, 0.3) is 0 Å². The molecule has 0 saturated carbocycles. The van der Waals surface area contributed by atoms with E-state index in [0.717, 1.165) is 12.1 Å². The van der Waals surface area contributed by atoms with Gasteiger partial charge in [-0.25, -0.2) is 13.2 Å². The minimum absolute atomic E-state index is 0.493. The van der Waals surface area contributed by atoms with Gasteiger partial charge in [0.25, 0.3) is 11.7 Å². The average Bonchev–Trinajstić information content (AvgIpc) is 2.47. The molecule has 1 aromatic rings. The van der Waals surface area contributed by atoms with Gasteiger partial charge in [-0.1, -0.05) is 34.8 Å². The van der Waals surface area contributed by atoms with E-state index in [1.807, 2.05) is 0 Å². The molecule has 1 aromatic carbocycles. The standard InChI is InChI=1S/C10H6F5N/c11-7-8(12)10(14,16(15)9(7)13)6-4-2-1-3-5-6/h1-5,8H. The third-order valence-corrected chi connectivity index (χ3v) is 2.39. The maximum absolute atomic E-state index is 14.0. The maximum atomic E-state index is 14.0. The molecule has 1 nitrogen and oxygen atoms in total. The molecular formula is C10H6F5N. The van der Waals surface area contributed by atoms with Gasteiger partial charge in [0.1, 0.15) is 0 Å². The summed E-state index contributed by atoms with van der Waals surface area (Å²) in [5.74, 6) is -7.72. The highest BCUT2D eigenvalue weighted by atomic mass is 19.2. The SMILES string of the molecule is FC1=C(F)N(F)C(F)(c2ccccc2)C1F. The minimum atomic E-state index is -3.48. The minimum Gasteiger partial charge on any atom is -0.233 e. The molecule has 0 saturated heterocycles. The number of nitrogens with zero attached hydrogens (tertiary/aromatic N) is 1. The molecule has 1 aliphatic heterocycles. The second-order valence-electron chi connectivity index (χ2n) is 3.32. The molecule has 6 heteroatoms. The third-order valence-electron chi connectivity index (χ3n) is 2.39. The number of benzene rings is 1. The highest BCUT2D eigenvalue weighted by molar-refractivity contribution is 5.31. The summed E-state index contributed by atoms with van der Waals surface area (Å²) in [5.41, 5.74) is -0.493. The van der Waals surface area contributed by atoms with E-state index in [1.54, 1.807) is 0 Å². The molecule has 0 radical (unpaired) electrons. The normalized spacial score (nSPS) is 30.1. The molecule has 0 bridgehead atoms. The number of halogens is 5. The number of hydrogen-bond acceptors (Lipinski definition) is 1. The van der Waals surface area contributed by atoms with E-state index in [1.165, 1.54) is 18.2 Å². The highest BCUT2D eigenvalue weighted by Gasteiger charge is 2.59. The Bertz CT molecular complexity index is 412. The van der Waals surface area contributed by atoms with E-state index in [4.69, 9.17) is 0 Å². The van der Waals surface area contributed by atoms with Gasteiger partial charge in [-0.05, 0) is 0 Å². The number of hydrogen-bond donors (Lipinski definition) is 0. The fraction of sp³-hybridized carbons (Fsp3) is 0.200. The van der Waals surface area contributed by atoms with Crippen molar-refractivity contribution < 1.29 is 22.0 Å². The molecular weight excluding hydrogens is 229 g/mol. The third kappa shape index (κ3) is 1.22. The van der Waals surface area contributed by atoms with Crippen LogP contribution in [-0.4, -0.2) is 11.3 Å². The van der Waals surface area contributed by atoms with E-state index in [0.29, 0.717) is 0 Å². The van der Waals surface area contributed by atoms with Crippen molar-refractivity contribution >= 4 is 0 Å². The zero-order chi connectivity index (χ0) is 11.9. The van der Waals surface area contributed by atoms with Gasteiger partial charge in [-0.3, -0.25) is 0 Å². The first-order valence-electron chi connectivity index (χ1n) is 4.39. The first kappa shape index (κ1) is 10.9. The van der Waals surface area contributed by atoms with Crippen molar-refractivity contribution in [1.29, 1.82) is 0 Å². The lowest BCUT2D eigenvalue weighted by molar-refractivity contribution is -0.161. The topological polar surface area (TPSA) is 3.24 Å². The molecule has 1 aliphatic rings. The Morgan fingerprint density at radius 2 is 1.69 bits per heavy atom. The van der Waals surface area contributed by atoms with Crippen LogP contribution in [0, 0.1) is 0 Å². The molecule has 0 amide bonds. The van der Waals surface area contributed by atoms with Crippen molar-refractivity contribution in [1.82, 2.24) is 5.12 Å². The Morgan fingerprint density at radius 3 is 2.12 bits per heavy atom. The molecule has 2 atom stereocenters. The van der Waals surface area contributed by atoms with Crippen LogP contribution in [0.5, 0.6) is 0 Å². The van der Waals surface area contributed by atoms with E-state index in [9.17, 15) is 22.0 Å². The molecule has 2 unspecified atom stereocenters. The van der Waals surface area contributed by atoms with Crippen molar-refractivity contribution in [2.24, 2.45) is 0 Å². The summed E-state index contributed by atoms with van der Waals surface area (Å²) in [4.78, 5) is 0. The van der Waals surface area contributed by atoms with Gasteiger partial charge in [-0.2, -0.15) is 4.39 Å².